The highest BCUT2D eigenvalue weighted by molar-refractivity contribution is 6.31. The summed E-state index contributed by atoms with van der Waals surface area (Å²) >= 11 is 6.64. The average molecular weight is 585 g/mol. The lowest BCUT2D eigenvalue weighted by Gasteiger charge is -2.29. The van der Waals surface area contributed by atoms with Crippen LogP contribution in [-0.2, 0) is 13.5 Å². The average Bonchev–Trinajstić information content (AvgIpc) is 3.66. The summed E-state index contributed by atoms with van der Waals surface area (Å²) in [5.74, 6) is -0.0945. The molecule has 0 radical (unpaired) electrons. The molecule has 4 aromatic rings. The molecule has 10 heteroatoms. The van der Waals surface area contributed by atoms with Gasteiger partial charge in [0.25, 0.3) is 0 Å². The van der Waals surface area contributed by atoms with Crippen molar-refractivity contribution in [3.05, 3.63) is 68.9 Å². The number of nitrogens with zero attached hydrogens (tertiary/aromatic N) is 5. The first kappa shape index (κ1) is 26.9. The lowest BCUT2D eigenvalue weighted by Crippen LogP contribution is -2.35. The van der Waals surface area contributed by atoms with E-state index in [-0.39, 0.29) is 10.9 Å². The van der Waals surface area contributed by atoms with Crippen molar-refractivity contribution in [1.29, 1.82) is 0 Å². The van der Waals surface area contributed by atoms with Crippen molar-refractivity contribution in [3.63, 3.8) is 0 Å². The third kappa shape index (κ3) is 4.01. The SMILES string of the molecule is CNc1cc(Cl)cc2c1Cc1ncc(-c3cnc4c(c3)c(=O)c(C(=O)O)cn4C)c(N3C[C@H]4CC[C@H](N(C)C)[C@H]4C3)c1-2. The molecular weight excluding hydrogens is 552 g/mol. The van der Waals surface area contributed by atoms with E-state index >= 15 is 0 Å². The minimum absolute atomic E-state index is 0.272. The molecule has 216 valence electrons. The Morgan fingerprint density at radius 2 is 1.93 bits per heavy atom. The van der Waals surface area contributed by atoms with Crippen LogP contribution in [0.4, 0.5) is 11.4 Å². The lowest BCUT2D eigenvalue weighted by molar-refractivity contribution is 0.0695. The van der Waals surface area contributed by atoms with Gasteiger partial charge in [-0.05, 0) is 68.1 Å². The van der Waals surface area contributed by atoms with E-state index in [1.54, 1.807) is 23.9 Å². The Labute approximate surface area is 248 Å². The zero-order valence-corrected chi connectivity index (χ0v) is 24.9. The van der Waals surface area contributed by atoms with E-state index in [9.17, 15) is 14.7 Å². The molecule has 0 amide bonds. The summed E-state index contributed by atoms with van der Waals surface area (Å²) in [5, 5.41) is 13.9. The number of hydrogen-bond acceptors (Lipinski definition) is 7. The summed E-state index contributed by atoms with van der Waals surface area (Å²) in [5.41, 5.74) is 7.64. The maximum absolute atomic E-state index is 13.3. The number of carboxylic acids is 1. The first-order valence-corrected chi connectivity index (χ1v) is 14.7. The van der Waals surface area contributed by atoms with Gasteiger partial charge in [-0.3, -0.25) is 9.78 Å². The van der Waals surface area contributed by atoms with Gasteiger partial charge < -0.3 is 24.8 Å². The number of nitrogens with one attached hydrogen (secondary N) is 1. The first-order valence-electron chi connectivity index (χ1n) is 14.3. The molecule has 0 spiro atoms. The quantitative estimate of drug-likeness (QED) is 0.305. The van der Waals surface area contributed by atoms with Crippen molar-refractivity contribution >= 4 is 40.0 Å². The summed E-state index contributed by atoms with van der Waals surface area (Å²) in [6.07, 6.45) is 8.10. The molecule has 0 unspecified atom stereocenters. The van der Waals surface area contributed by atoms with Gasteiger partial charge in [0.2, 0.25) is 5.43 Å². The van der Waals surface area contributed by atoms with Crippen LogP contribution < -0.4 is 15.6 Å². The predicted molar refractivity (Wildman–Crippen MR) is 166 cm³/mol. The number of carboxylic acid groups (broad SMARTS) is 1. The molecule has 1 aromatic carbocycles. The first-order chi connectivity index (χ1) is 20.2. The maximum Gasteiger partial charge on any atom is 0.341 e. The number of anilines is 2. The van der Waals surface area contributed by atoms with Gasteiger partial charge in [-0.15, -0.1) is 0 Å². The molecule has 1 aliphatic heterocycles. The van der Waals surface area contributed by atoms with Gasteiger partial charge in [0, 0.05) is 85.6 Å². The summed E-state index contributed by atoms with van der Waals surface area (Å²) in [6.45, 7) is 1.87. The Morgan fingerprint density at radius 1 is 1.12 bits per heavy atom. The van der Waals surface area contributed by atoms with E-state index in [0.29, 0.717) is 35.0 Å². The molecule has 3 aliphatic rings. The second kappa shape index (κ2) is 9.81. The smallest absolute Gasteiger partial charge is 0.341 e. The molecule has 3 atom stereocenters. The van der Waals surface area contributed by atoms with Gasteiger partial charge in [-0.25, -0.2) is 9.78 Å². The van der Waals surface area contributed by atoms with E-state index < -0.39 is 11.4 Å². The van der Waals surface area contributed by atoms with Gasteiger partial charge >= 0.3 is 5.97 Å². The van der Waals surface area contributed by atoms with Crippen LogP contribution in [0.5, 0.6) is 0 Å². The fourth-order valence-electron chi connectivity index (χ4n) is 7.66. The maximum atomic E-state index is 13.3. The van der Waals surface area contributed by atoms with E-state index in [1.807, 2.05) is 25.4 Å². The number of rotatable bonds is 5. The van der Waals surface area contributed by atoms with Crippen LogP contribution in [0.2, 0.25) is 5.02 Å². The van der Waals surface area contributed by atoms with Crippen molar-refractivity contribution < 1.29 is 9.90 Å². The van der Waals surface area contributed by atoms with Crippen molar-refractivity contribution in [3.8, 4) is 22.3 Å². The number of pyridine rings is 3. The van der Waals surface area contributed by atoms with E-state index in [4.69, 9.17) is 16.6 Å². The molecule has 2 aliphatic carbocycles. The third-order valence-corrected chi connectivity index (χ3v) is 9.80. The van der Waals surface area contributed by atoms with Crippen LogP contribution in [0.15, 0.2) is 41.6 Å². The Morgan fingerprint density at radius 3 is 2.67 bits per heavy atom. The highest BCUT2D eigenvalue weighted by atomic mass is 35.5. The molecule has 1 saturated carbocycles. The molecule has 2 N–H and O–H groups in total. The number of fused-ring (bicyclic) bond motifs is 5. The van der Waals surface area contributed by atoms with Crippen LogP contribution in [-0.4, -0.2) is 70.8 Å². The van der Waals surface area contributed by atoms with Crippen molar-refractivity contribution in [2.75, 3.05) is 44.4 Å². The van der Waals surface area contributed by atoms with Crippen LogP contribution >= 0.6 is 11.6 Å². The number of halogens is 1. The predicted octanol–water partition coefficient (Wildman–Crippen LogP) is 4.74. The fraction of sp³-hybridized carbons (Fsp3) is 0.375. The van der Waals surface area contributed by atoms with Gasteiger partial charge in [-0.1, -0.05) is 11.6 Å². The molecule has 9 nitrogen and oxygen atoms in total. The molecule has 0 bridgehead atoms. The highest BCUT2D eigenvalue weighted by Crippen LogP contribution is 2.52. The minimum atomic E-state index is -1.25. The minimum Gasteiger partial charge on any atom is -0.477 e. The molecule has 1 saturated heterocycles. The van der Waals surface area contributed by atoms with Crippen molar-refractivity contribution in [2.24, 2.45) is 18.9 Å². The molecule has 7 rings (SSSR count). The molecule has 3 aromatic heterocycles. The van der Waals surface area contributed by atoms with E-state index in [0.717, 1.165) is 52.4 Å². The van der Waals surface area contributed by atoms with Crippen LogP contribution in [0, 0.1) is 11.8 Å². The molecule has 42 heavy (non-hydrogen) atoms. The Balaban J connectivity index is 1.46. The van der Waals surface area contributed by atoms with Gasteiger partial charge in [-0.2, -0.15) is 0 Å². The number of aryl methyl sites for hydroxylation is 1. The van der Waals surface area contributed by atoms with Crippen LogP contribution in [0.1, 0.15) is 34.5 Å². The standard InChI is InChI=1S/C32H33ClN6O3/c1-34-25-9-18(33)8-20-19(25)10-26-28(20)29(39-13-16-5-6-27(37(2)3)23(16)15-39)22(12-35-26)17-7-21-30(40)24(32(41)42)14-38(4)31(21)36-11-17/h7-9,11-12,14,16,23,27,34H,5-6,10,13,15H2,1-4H3,(H,41,42)/t16-,23+,27+/m1/s1. The Bertz CT molecular complexity index is 1850. The zero-order valence-electron chi connectivity index (χ0n) is 24.1. The largest absolute Gasteiger partial charge is 0.477 e. The fourth-order valence-corrected chi connectivity index (χ4v) is 7.88. The van der Waals surface area contributed by atoms with E-state index in [1.165, 1.54) is 24.6 Å². The lowest BCUT2D eigenvalue weighted by atomic mass is 9.97. The van der Waals surface area contributed by atoms with Gasteiger partial charge in [0.15, 0.2) is 0 Å². The van der Waals surface area contributed by atoms with Gasteiger partial charge in [0.1, 0.15) is 11.2 Å². The second-order valence-corrected chi connectivity index (χ2v) is 12.5. The van der Waals surface area contributed by atoms with Crippen LogP contribution in [0.25, 0.3) is 33.3 Å². The highest BCUT2D eigenvalue weighted by Gasteiger charge is 2.45. The number of benzene rings is 1. The second-order valence-electron chi connectivity index (χ2n) is 12.1. The molecular formula is C32H33ClN6O3. The summed E-state index contributed by atoms with van der Waals surface area (Å²) in [6, 6.07) is 6.30. The summed E-state index contributed by atoms with van der Waals surface area (Å²) in [7, 11) is 7.96. The van der Waals surface area contributed by atoms with Crippen molar-refractivity contribution in [1.82, 2.24) is 19.4 Å². The summed E-state index contributed by atoms with van der Waals surface area (Å²) < 4.78 is 1.59. The monoisotopic (exact) mass is 584 g/mol. The number of carbonyl (C=O) groups is 1. The van der Waals surface area contributed by atoms with Crippen LogP contribution in [0.3, 0.4) is 0 Å². The number of aromatic carboxylic acids is 1. The third-order valence-electron chi connectivity index (χ3n) is 9.58. The normalized spacial score (nSPS) is 20.7. The number of aromatic nitrogens is 3. The van der Waals surface area contributed by atoms with Gasteiger partial charge in [0.05, 0.1) is 16.8 Å². The summed E-state index contributed by atoms with van der Waals surface area (Å²) in [4.78, 5) is 39.5. The molecule has 4 heterocycles. The Hall–Kier alpha value is -3.95. The topological polar surface area (TPSA) is 104 Å². The Kier molecular flexibility index (Phi) is 6.29. The van der Waals surface area contributed by atoms with Crippen molar-refractivity contribution in [2.45, 2.75) is 25.3 Å². The number of hydrogen-bond donors (Lipinski definition) is 2. The zero-order chi connectivity index (χ0) is 29.4. The molecule has 2 fully saturated rings. The van der Waals surface area contributed by atoms with E-state index in [2.05, 4.69) is 34.2 Å².